The van der Waals surface area contributed by atoms with Gasteiger partial charge in [-0.25, -0.2) is 4.39 Å². The fourth-order valence-corrected chi connectivity index (χ4v) is 1.11. The minimum absolute atomic E-state index is 0.161. The van der Waals surface area contributed by atoms with Gasteiger partial charge in [0, 0.05) is 5.56 Å². The van der Waals surface area contributed by atoms with E-state index in [1.54, 1.807) is 46.9 Å². The summed E-state index contributed by atoms with van der Waals surface area (Å²) in [4.78, 5) is 0. The first-order valence-electron chi connectivity index (χ1n) is 2.98. The van der Waals surface area contributed by atoms with Gasteiger partial charge in [0.05, 0.1) is 0 Å². The van der Waals surface area contributed by atoms with E-state index < -0.39 is 0 Å². The smallest absolute Gasteiger partial charge is 0.155 e. The van der Waals surface area contributed by atoms with Crippen LogP contribution in [0.25, 0.3) is 5.83 Å². The van der Waals surface area contributed by atoms with E-state index in [2.05, 4.69) is 0 Å². The van der Waals surface area contributed by atoms with E-state index in [0.717, 1.165) is 0 Å². The molecule has 0 fully saturated rings. The van der Waals surface area contributed by atoms with Gasteiger partial charge in [-0.3, -0.25) is 0 Å². The summed E-state index contributed by atoms with van der Waals surface area (Å²) in [5.74, 6) is -0.368. The van der Waals surface area contributed by atoms with Crippen LogP contribution in [-0.2, 0) is 0 Å². The molecule has 0 unspecified atom stereocenters. The van der Waals surface area contributed by atoms with E-state index >= 15 is 0 Å². The first kappa shape index (κ1) is 9.00. The second kappa shape index (κ2) is 4.07. The molecule has 11 heavy (non-hydrogen) atoms. The number of benzene rings is 1. The van der Waals surface area contributed by atoms with Gasteiger partial charge in [-0.05, 0) is 22.6 Å². The summed E-state index contributed by atoms with van der Waals surface area (Å²) in [6, 6.07) is 8.72. The van der Waals surface area contributed by atoms with E-state index in [1.807, 2.05) is 6.07 Å². The lowest BCUT2D eigenvalue weighted by atomic mass is 10.2. The maximum atomic E-state index is 13.0. The van der Waals surface area contributed by atoms with Gasteiger partial charge >= 0.3 is 0 Å². The zero-order chi connectivity index (χ0) is 8.27. The molecular formula is C8H5ClFI. The predicted molar refractivity (Wildman–Crippen MR) is 54.3 cm³/mol. The molecule has 0 aliphatic heterocycles. The molecule has 0 aliphatic rings. The molecular weight excluding hydrogens is 277 g/mol. The Kier molecular flexibility index (Phi) is 3.33. The van der Waals surface area contributed by atoms with E-state index in [1.165, 1.54) is 0 Å². The van der Waals surface area contributed by atoms with Crippen LogP contribution < -0.4 is 0 Å². The van der Waals surface area contributed by atoms with Crippen molar-refractivity contribution in [1.29, 1.82) is 0 Å². The average molecular weight is 282 g/mol. The first-order valence-corrected chi connectivity index (χ1v) is 4.43. The summed E-state index contributed by atoms with van der Waals surface area (Å²) in [5, 5.41) is 0. The maximum Gasteiger partial charge on any atom is 0.155 e. The highest BCUT2D eigenvalue weighted by Gasteiger charge is 2.01. The molecule has 0 saturated heterocycles. The Morgan fingerprint density at radius 3 is 2.27 bits per heavy atom. The van der Waals surface area contributed by atoms with Crippen LogP contribution in [0.4, 0.5) is 4.39 Å². The molecule has 0 nitrogen and oxygen atoms in total. The van der Waals surface area contributed by atoms with Crippen LogP contribution in [0.2, 0.25) is 0 Å². The lowest BCUT2D eigenvalue weighted by molar-refractivity contribution is 0.761. The third kappa shape index (κ3) is 2.45. The van der Waals surface area contributed by atoms with Gasteiger partial charge in [0.2, 0.25) is 0 Å². The van der Waals surface area contributed by atoms with Crippen molar-refractivity contribution >= 4 is 40.0 Å². The fourth-order valence-electron chi connectivity index (χ4n) is 0.694. The maximum absolute atomic E-state index is 13.0. The molecule has 1 aromatic rings. The van der Waals surface area contributed by atoms with E-state index in [4.69, 9.17) is 11.6 Å². The van der Waals surface area contributed by atoms with Gasteiger partial charge in [0.25, 0.3) is 0 Å². The van der Waals surface area contributed by atoms with E-state index in [-0.39, 0.29) is 8.87 Å². The quantitative estimate of drug-likeness (QED) is 0.684. The molecule has 3 heteroatoms. The predicted octanol–water partition coefficient (Wildman–Crippen LogP) is 3.96. The van der Waals surface area contributed by atoms with Crippen molar-refractivity contribution in [2.45, 2.75) is 0 Å². The summed E-state index contributed by atoms with van der Waals surface area (Å²) in [7, 11) is 0. The summed E-state index contributed by atoms with van der Waals surface area (Å²) in [6.07, 6.45) is 0. The molecule has 0 bridgehead atoms. The largest absolute Gasteiger partial charge is 0.204 e. The number of rotatable bonds is 1. The Morgan fingerprint density at radius 2 is 1.82 bits per heavy atom. The van der Waals surface area contributed by atoms with Crippen LogP contribution in [0.5, 0.6) is 0 Å². The van der Waals surface area contributed by atoms with Crippen molar-refractivity contribution in [3.63, 3.8) is 0 Å². The molecule has 58 valence electrons. The summed E-state index contributed by atoms with van der Waals surface area (Å²) in [6.45, 7) is 0. The lowest BCUT2D eigenvalue weighted by Gasteiger charge is -1.95. The zero-order valence-electron chi connectivity index (χ0n) is 5.52. The Balaban J connectivity index is 3.04. The van der Waals surface area contributed by atoms with Gasteiger partial charge in [-0.15, -0.1) is 0 Å². The highest BCUT2D eigenvalue weighted by molar-refractivity contribution is 14.1. The van der Waals surface area contributed by atoms with E-state index in [9.17, 15) is 4.39 Å². The topological polar surface area (TPSA) is 0 Å². The van der Waals surface area contributed by atoms with Gasteiger partial charge in [0.1, 0.15) is 3.04 Å². The van der Waals surface area contributed by atoms with Crippen LogP contribution in [0.1, 0.15) is 5.56 Å². The second-order valence-corrected chi connectivity index (χ2v) is 4.03. The molecule has 0 saturated carbocycles. The van der Waals surface area contributed by atoms with Gasteiger partial charge < -0.3 is 0 Å². The first-order chi connectivity index (χ1) is 5.22. The minimum atomic E-state index is -0.368. The SMILES string of the molecule is F/C(=C(/Cl)I)c1ccccc1. The molecule has 0 spiro atoms. The van der Waals surface area contributed by atoms with Crippen molar-refractivity contribution in [2.75, 3.05) is 0 Å². The molecule has 0 heterocycles. The molecule has 0 radical (unpaired) electrons. The fraction of sp³-hybridized carbons (Fsp3) is 0. The molecule has 0 aromatic heterocycles. The van der Waals surface area contributed by atoms with Crippen LogP contribution in [0.15, 0.2) is 33.4 Å². The summed E-state index contributed by atoms with van der Waals surface area (Å²) >= 11 is 7.20. The molecule has 1 rings (SSSR count). The highest BCUT2D eigenvalue weighted by Crippen LogP contribution is 2.26. The summed E-state index contributed by atoms with van der Waals surface area (Å²) < 4.78 is 13.2. The molecule has 0 N–H and O–H groups in total. The van der Waals surface area contributed by atoms with Gasteiger partial charge in [-0.1, -0.05) is 41.9 Å². The third-order valence-corrected chi connectivity index (χ3v) is 1.83. The number of halogens is 3. The normalized spacial score (nSPS) is 12.6. The molecule has 0 aliphatic carbocycles. The van der Waals surface area contributed by atoms with Crippen LogP contribution in [-0.4, -0.2) is 0 Å². The molecule has 0 atom stereocenters. The van der Waals surface area contributed by atoms with Crippen molar-refractivity contribution in [3.05, 3.63) is 38.9 Å². The number of hydrogen-bond donors (Lipinski definition) is 0. The standard InChI is InChI=1S/C8H5ClFI/c9-8(11)7(10)6-4-2-1-3-5-6/h1-5H/b8-7-. The third-order valence-electron chi connectivity index (χ3n) is 1.19. The Labute approximate surface area is 83.2 Å². The molecule has 0 amide bonds. The van der Waals surface area contributed by atoms with Crippen molar-refractivity contribution < 1.29 is 4.39 Å². The van der Waals surface area contributed by atoms with Gasteiger partial charge in [0.15, 0.2) is 5.83 Å². The van der Waals surface area contributed by atoms with E-state index in [0.29, 0.717) is 5.56 Å². The van der Waals surface area contributed by atoms with Crippen LogP contribution in [0.3, 0.4) is 0 Å². The highest BCUT2D eigenvalue weighted by atomic mass is 127. The minimum Gasteiger partial charge on any atom is -0.204 e. The van der Waals surface area contributed by atoms with Crippen molar-refractivity contribution in [3.8, 4) is 0 Å². The Morgan fingerprint density at radius 1 is 1.27 bits per heavy atom. The second-order valence-electron chi connectivity index (χ2n) is 1.94. The molecule has 1 aromatic carbocycles. The average Bonchev–Trinajstić information content (AvgIpc) is 2.05. The summed E-state index contributed by atoms with van der Waals surface area (Å²) in [5.41, 5.74) is 0.520. The van der Waals surface area contributed by atoms with Crippen molar-refractivity contribution in [1.82, 2.24) is 0 Å². The van der Waals surface area contributed by atoms with Gasteiger partial charge in [-0.2, -0.15) is 0 Å². The Hall–Kier alpha value is -0.0900. The zero-order valence-corrected chi connectivity index (χ0v) is 8.43. The number of hydrogen-bond acceptors (Lipinski definition) is 0. The van der Waals surface area contributed by atoms with Crippen LogP contribution in [0, 0.1) is 0 Å². The van der Waals surface area contributed by atoms with Crippen molar-refractivity contribution in [2.24, 2.45) is 0 Å². The monoisotopic (exact) mass is 282 g/mol. The lowest BCUT2D eigenvalue weighted by Crippen LogP contribution is -1.75. The Bertz CT molecular complexity index is 265. The van der Waals surface area contributed by atoms with Crippen LogP contribution >= 0.6 is 34.2 Å².